The molecule has 0 N–H and O–H groups in total. The van der Waals surface area contributed by atoms with Gasteiger partial charge in [-0.15, -0.1) is 21.5 Å². The minimum atomic E-state index is -4.55. The molecule has 2 aliphatic heterocycles. The van der Waals surface area contributed by atoms with Crippen LogP contribution in [-0.4, -0.2) is 56.4 Å². The average Bonchev–Trinajstić information content (AvgIpc) is 3.54. The van der Waals surface area contributed by atoms with Crippen LogP contribution in [0.15, 0.2) is 6.07 Å². The van der Waals surface area contributed by atoms with Crippen LogP contribution in [0, 0.1) is 5.92 Å². The maximum Gasteiger partial charge on any atom is 0.451 e. The average molecular weight is 524 g/mol. The maximum atomic E-state index is 13.3. The smallest absolute Gasteiger partial charge is 0.451 e. The van der Waals surface area contributed by atoms with Gasteiger partial charge in [-0.1, -0.05) is 13.3 Å². The Labute approximate surface area is 210 Å². The third-order valence-electron chi connectivity index (χ3n) is 6.37. The number of ether oxygens (including phenoxy) is 1. The molecular formula is C23H28F3N7O2S. The molecule has 0 radical (unpaired) electrons. The van der Waals surface area contributed by atoms with Crippen LogP contribution < -0.4 is 9.80 Å². The highest BCUT2D eigenvalue weighted by Crippen LogP contribution is 2.37. The van der Waals surface area contributed by atoms with Gasteiger partial charge in [0.15, 0.2) is 5.82 Å². The highest BCUT2D eigenvalue weighted by Gasteiger charge is 2.40. The van der Waals surface area contributed by atoms with Gasteiger partial charge in [-0.05, 0) is 32.8 Å². The lowest BCUT2D eigenvalue weighted by Gasteiger charge is -2.30. The van der Waals surface area contributed by atoms with Crippen LogP contribution in [0.25, 0.3) is 10.2 Å². The van der Waals surface area contributed by atoms with Crippen LogP contribution in [0.4, 0.5) is 24.9 Å². The lowest BCUT2D eigenvalue weighted by Crippen LogP contribution is -2.36. The molecule has 36 heavy (non-hydrogen) atoms. The molecule has 194 valence electrons. The summed E-state index contributed by atoms with van der Waals surface area (Å²) in [6, 6.07) is 2.08. The first-order valence-electron chi connectivity index (χ1n) is 12.1. The van der Waals surface area contributed by atoms with Gasteiger partial charge in [-0.25, -0.2) is 4.98 Å². The molecule has 1 fully saturated rings. The normalized spacial score (nSPS) is 18.4. The summed E-state index contributed by atoms with van der Waals surface area (Å²) in [6.45, 7) is 7.46. The van der Waals surface area contributed by atoms with Gasteiger partial charge in [0, 0.05) is 31.1 Å². The number of aryl methyl sites for hydroxylation is 1. The molecule has 0 saturated carbocycles. The molecule has 13 heteroatoms. The van der Waals surface area contributed by atoms with Crippen LogP contribution >= 0.6 is 11.3 Å². The number of nitrogens with zero attached hydrogens (tertiary/aromatic N) is 7. The van der Waals surface area contributed by atoms with Crippen LogP contribution in [-0.2, 0) is 35.2 Å². The second-order valence-electron chi connectivity index (χ2n) is 9.46. The summed E-state index contributed by atoms with van der Waals surface area (Å²) < 4.78 is 46.4. The highest BCUT2D eigenvalue weighted by molar-refractivity contribution is 7.18. The van der Waals surface area contributed by atoms with Gasteiger partial charge in [0.2, 0.25) is 11.8 Å². The van der Waals surface area contributed by atoms with Crippen molar-refractivity contribution < 1.29 is 22.7 Å². The van der Waals surface area contributed by atoms with Gasteiger partial charge >= 0.3 is 12.1 Å². The fourth-order valence-electron chi connectivity index (χ4n) is 4.71. The summed E-state index contributed by atoms with van der Waals surface area (Å²) in [6.07, 6.45) is -2.17. The molecule has 1 saturated heterocycles. The largest absolute Gasteiger partial charge is 0.463 e. The molecule has 0 bridgehead atoms. The molecule has 0 aliphatic carbocycles. The van der Waals surface area contributed by atoms with E-state index in [-0.39, 0.29) is 36.9 Å². The molecule has 0 spiro atoms. The van der Waals surface area contributed by atoms with Crippen molar-refractivity contribution in [2.24, 2.45) is 5.92 Å². The first-order valence-corrected chi connectivity index (χ1v) is 13.0. The van der Waals surface area contributed by atoms with Crippen molar-refractivity contribution in [3.8, 4) is 0 Å². The van der Waals surface area contributed by atoms with Gasteiger partial charge in [0.05, 0.1) is 24.0 Å². The Hall–Kier alpha value is -2.96. The fraction of sp³-hybridized carbons (Fsp3) is 0.609. The number of rotatable bonds is 6. The van der Waals surface area contributed by atoms with Crippen LogP contribution in [0.2, 0.25) is 0 Å². The Morgan fingerprint density at radius 1 is 1.19 bits per heavy atom. The number of halogens is 3. The number of esters is 1. The summed E-state index contributed by atoms with van der Waals surface area (Å²) in [5.41, 5.74) is 0. The van der Waals surface area contributed by atoms with E-state index in [0.717, 1.165) is 27.6 Å². The zero-order valence-electron chi connectivity index (χ0n) is 20.4. The number of hydrogen-bond acceptors (Lipinski definition) is 9. The lowest BCUT2D eigenvalue weighted by atomic mass is 10.1. The van der Waals surface area contributed by atoms with Gasteiger partial charge < -0.3 is 19.1 Å². The molecule has 9 nitrogen and oxygen atoms in total. The van der Waals surface area contributed by atoms with Crippen molar-refractivity contribution in [1.82, 2.24) is 24.7 Å². The van der Waals surface area contributed by atoms with Gasteiger partial charge in [0.25, 0.3) is 0 Å². The number of fused-ring (bicyclic) bond motifs is 2. The summed E-state index contributed by atoms with van der Waals surface area (Å²) in [5.74, 6) is 0.00994. The van der Waals surface area contributed by atoms with Crippen molar-refractivity contribution in [3.05, 3.63) is 22.6 Å². The van der Waals surface area contributed by atoms with Crippen molar-refractivity contribution in [3.63, 3.8) is 0 Å². The van der Waals surface area contributed by atoms with Crippen LogP contribution in [0.5, 0.6) is 0 Å². The first-order chi connectivity index (χ1) is 17.1. The van der Waals surface area contributed by atoms with E-state index >= 15 is 0 Å². The van der Waals surface area contributed by atoms with Crippen LogP contribution in [0.1, 0.15) is 50.1 Å². The number of anilines is 2. The van der Waals surface area contributed by atoms with E-state index in [4.69, 9.17) is 14.7 Å². The monoisotopic (exact) mass is 523 g/mol. The van der Waals surface area contributed by atoms with Gasteiger partial charge in [0.1, 0.15) is 10.6 Å². The second kappa shape index (κ2) is 9.49. The van der Waals surface area contributed by atoms with Crippen molar-refractivity contribution in [2.75, 3.05) is 29.4 Å². The van der Waals surface area contributed by atoms with Crippen molar-refractivity contribution >= 4 is 39.3 Å². The molecule has 3 aromatic heterocycles. The third kappa shape index (κ3) is 4.72. The van der Waals surface area contributed by atoms with E-state index in [9.17, 15) is 18.0 Å². The standard InChI is InChI=1S/C23H28F3N7O2S/c1-4-5-15-10-16-18(31-8-9-33-17(12-31)29-30-21(33)23(24,25)26)27-22(28-19(16)36-15)32-7-6-14(11-32)20(34)35-13(2)3/h10,13-14H,4-9,11-12H2,1-3H3/t14-/m1/s1. The molecule has 2 aliphatic rings. The Bertz CT molecular complexity index is 1270. The molecule has 3 aromatic rings. The molecule has 5 rings (SSSR count). The summed E-state index contributed by atoms with van der Waals surface area (Å²) >= 11 is 1.60. The Morgan fingerprint density at radius 2 is 2.00 bits per heavy atom. The summed E-state index contributed by atoms with van der Waals surface area (Å²) in [5, 5.41) is 8.09. The fourth-order valence-corrected chi connectivity index (χ4v) is 5.83. The SMILES string of the molecule is CCCc1cc2c(N3CCn4c(nnc4C(F)(F)F)C3)nc(N3CC[C@@H](C(=O)OC(C)C)C3)nc2s1. The topological polar surface area (TPSA) is 89.3 Å². The molecule has 0 aromatic carbocycles. The number of alkyl halides is 3. The Kier molecular flexibility index (Phi) is 6.52. The quantitative estimate of drug-likeness (QED) is 0.447. The zero-order valence-corrected chi connectivity index (χ0v) is 21.2. The molecule has 1 atom stereocenters. The van der Waals surface area contributed by atoms with Crippen molar-refractivity contribution in [2.45, 2.75) is 65.4 Å². The van der Waals surface area contributed by atoms with Crippen molar-refractivity contribution in [1.29, 1.82) is 0 Å². The summed E-state index contributed by atoms with van der Waals surface area (Å²) in [4.78, 5) is 28.1. The van der Waals surface area contributed by atoms with E-state index in [1.54, 1.807) is 11.3 Å². The number of carbonyl (C=O) groups excluding carboxylic acids is 1. The highest BCUT2D eigenvalue weighted by atomic mass is 32.1. The summed E-state index contributed by atoms with van der Waals surface area (Å²) in [7, 11) is 0. The third-order valence-corrected chi connectivity index (χ3v) is 7.46. The number of thiophene rings is 1. The maximum absolute atomic E-state index is 13.3. The van der Waals surface area contributed by atoms with E-state index in [1.165, 1.54) is 4.88 Å². The van der Waals surface area contributed by atoms with E-state index in [0.29, 0.717) is 37.8 Å². The molecular weight excluding hydrogens is 495 g/mol. The van der Waals surface area contributed by atoms with E-state index < -0.39 is 12.0 Å². The van der Waals surface area contributed by atoms with Gasteiger partial charge in [-0.2, -0.15) is 18.2 Å². The predicted octanol–water partition coefficient (Wildman–Crippen LogP) is 4.05. The van der Waals surface area contributed by atoms with E-state index in [2.05, 4.69) is 23.2 Å². The lowest BCUT2D eigenvalue weighted by molar-refractivity contribution is -0.151. The first kappa shape index (κ1) is 24.7. The minimum absolute atomic E-state index is 0.108. The second-order valence-corrected chi connectivity index (χ2v) is 10.6. The van der Waals surface area contributed by atoms with Crippen LogP contribution in [0.3, 0.4) is 0 Å². The molecule has 0 unspecified atom stereocenters. The Balaban J connectivity index is 1.47. The Morgan fingerprint density at radius 3 is 2.72 bits per heavy atom. The van der Waals surface area contributed by atoms with E-state index in [1.807, 2.05) is 23.6 Å². The number of aromatic nitrogens is 5. The predicted molar refractivity (Wildman–Crippen MR) is 129 cm³/mol. The molecule has 0 amide bonds. The number of carbonyl (C=O) groups is 1. The zero-order chi connectivity index (χ0) is 25.6. The minimum Gasteiger partial charge on any atom is -0.463 e. The van der Waals surface area contributed by atoms with Gasteiger partial charge in [-0.3, -0.25) is 4.79 Å². The number of hydrogen-bond donors (Lipinski definition) is 0. The molecule has 5 heterocycles.